The van der Waals surface area contributed by atoms with Gasteiger partial charge in [0.05, 0.1) is 5.56 Å². The molecule has 1 aliphatic rings. The molecule has 0 atom stereocenters. The van der Waals surface area contributed by atoms with Crippen LogP contribution in [0.4, 0.5) is 13.2 Å². The number of rotatable bonds is 4. The van der Waals surface area contributed by atoms with Gasteiger partial charge in [-0.15, -0.1) is 0 Å². The topological polar surface area (TPSA) is 42.0 Å². The average molecular weight is 326 g/mol. The summed E-state index contributed by atoms with van der Waals surface area (Å²) in [5.41, 5.74) is 0.341. The monoisotopic (exact) mass is 326 g/mol. The van der Waals surface area contributed by atoms with E-state index in [0.717, 1.165) is 31.2 Å². The number of carbonyl (C=O) groups is 1. The lowest BCUT2D eigenvalue weighted by Crippen LogP contribution is -2.32. The number of thiophene rings is 1. The summed E-state index contributed by atoms with van der Waals surface area (Å²) in [5.74, 6) is -0.400. The second kappa shape index (κ2) is 5.39. The Morgan fingerprint density at radius 3 is 2.59 bits per heavy atom. The lowest BCUT2D eigenvalue weighted by atomic mass is 9.99. The highest BCUT2D eigenvalue weighted by molar-refractivity contribution is 7.08. The van der Waals surface area contributed by atoms with Gasteiger partial charge in [-0.25, -0.2) is 0 Å². The van der Waals surface area contributed by atoms with Crippen molar-refractivity contribution in [2.45, 2.75) is 24.4 Å². The number of aromatic nitrogens is 1. The van der Waals surface area contributed by atoms with Crippen LogP contribution in [0.1, 0.15) is 34.5 Å². The van der Waals surface area contributed by atoms with E-state index < -0.39 is 17.8 Å². The van der Waals surface area contributed by atoms with Crippen molar-refractivity contribution in [3.8, 4) is 0 Å². The van der Waals surface area contributed by atoms with Gasteiger partial charge in [0.2, 0.25) is 0 Å². The largest absolute Gasteiger partial charge is 0.433 e. The summed E-state index contributed by atoms with van der Waals surface area (Å²) in [6.45, 7) is 0.490. The van der Waals surface area contributed by atoms with Crippen LogP contribution < -0.4 is 5.32 Å². The molecule has 1 aliphatic carbocycles. The number of nitrogens with one attached hydrogen (secondary N) is 1. The molecular weight excluding hydrogens is 313 g/mol. The fraction of sp³-hybridized carbons (Fsp3) is 0.333. The zero-order valence-corrected chi connectivity index (χ0v) is 12.3. The van der Waals surface area contributed by atoms with Crippen LogP contribution in [0.2, 0.25) is 0 Å². The third-order valence-electron chi connectivity index (χ3n) is 3.89. The molecule has 22 heavy (non-hydrogen) atoms. The smallest absolute Gasteiger partial charge is 0.351 e. The van der Waals surface area contributed by atoms with Gasteiger partial charge in [0.25, 0.3) is 5.91 Å². The van der Waals surface area contributed by atoms with E-state index in [2.05, 4.69) is 15.7 Å². The van der Waals surface area contributed by atoms with Crippen molar-refractivity contribution in [2.75, 3.05) is 6.54 Å². The van der Waals surface area contributed by atoms with E-state index in [1.165, 1.54) is 5.56 Å². The average Bonchev–Trinajstić information content (AvgIpc) is 3.07. The highest BCUT2D eigenvalue weighted by atomic mass is 32.1. The van der Waals surface area contributed by atoms with E-state index >= 15 is 0 Å². The Morgan fingerprint density at radius 1 is 1.32 bits per heavy atom. The molecule has 116 valence electrons. The first kappa shape index (κ1) is 15.0. The predicted molar refractivity (Wildman–Crippen MR) is 76.8 cm³/mol. The molecular formula is C15H13F3N2OS. The van der Waals surface area contributed by atoms with Crippen LogP contribution in [0.15, 0.2) is 35.2 Å². The Morgan fingerprint density at radius 2 is 2.09 bits per heavy atom. The molecule has 3 rings (SSSR count). The van der Waals surface area contributed by atoms with E-state index in [1.807, 2.05) is 11.4 Å². The van der Waals surface area contributed by atoms with Crippen LogP contribution >= 0.6 is 11.3 Å². The van der Waals surface area contributed by atoms with E-state index in [0.29, 0.717) is 6.54 Å². The van der Waals surface area contributed by atoms with Crippen LogP contribution in [-0.2, 0) is 11.6 Å². The molecule has 3 nitrogen and oxygen atoms in total. The van der Waals surface area contributed by atoms with Gasteiger partial charge in [0, 0.05) is 18.2 Å². The first-order valence-corrected chi connectivity index (χ1v) is 7.69. The second-order valence-electron chi connectivity index (χ2n) is 5.40. The summed E-state index contributed by atoms with van der Waals surface area (Å²) in [6, 6.07) is 4.01. The SMILES string of the molecule is O=C(NCC1(c2ccsc2)CC1)c1ccc(C(F)(F)F)nc1. The van der Waals surface area contributed by atoms with Gasteiger partial charge < -0.3 is 5.32 Å². The molecule has 1 fully saturated rings. The van der Waals surface area contributed by atoms with Crippen LogP contribution in [0.3, 0.4) is 0 Å². The Bertz CT molecular complexity index is 661. The maximum atomic E-state index is 12.4. The highest BCUT2D eigenvalue weighted by Gasteiger charge is 2.44. The molecule has 2 aromatic heterocycles. The van der Waals surface area contributed by atoms with Crippen molar-refractivity contribution < 1.29 is 18.0 Å². The zero-order chi connectivity index (χ0) is 15.8. The first-order valence-electron chi connectivity index (χ1n) is 6.75. The molecule has 0 unspecified atom stereocenters. The summed E-state index contributed by atoms with van der Waals surface area (Å²) in [6.07, 6.45) is -1.51. The third kappa shape index (κ3) is 2.99. The molecule has 0 aliphatic heterocycles. The summed E-state index contributed by atoms with van der Waals surface area (Å²) in [4.78, 5) is 15.3. The van der Waals surface area contributed by atoms with Gasteiger partial charge in [-0.3, -0.25) is 9.78 Å². The number of alkyl halides is 3. The lowest BCUT2D eigenvalue weighted by Gasteiger charge is -2.15. The molecule has 2 aromatic rings. The molecule has 2 heterocycles. The summed E-state index contributed by atoms with van der Waals surface area (Å²) in [5, 5.41) is 6.86. The Kier molecular flexibility index (Phi) is 3.68. The van der Waals surface area contributed by atoms with Crippen LogP contribution in [-0.4, -0.2) is 17.4 Å². The fourth-order valence-corrected chi connectivity index (χ4v) is 3.11. The summed E-state index contributed by atoms with van der Waals surface area (Å²) in [7, 11) is 0. The van der Waals surface area contributed by atoms with Crippen molar-refractivity contribution in [3.05, 3.63) is 52.0 Å². The Balaban J connectivity index is 1.63. The number of hydrogen-bond donors (Lipinski definition) is 1. The quantitative estimate of drug-likeness (QED) is 0.932. The summed E-state index contributed by atoms with van der Waals surface area (Å²) >= 11 is 1.61. The minimum atomic E-state index is -4.49. The molecule has 0 radical (unpaired) electrons. The molecule has 7 heteroatoms. The second-order valence-corrected chi connectivity index (χ2v) is 6.18. The normalized spacial score (nSPS) is 16.3. The number of hydrogen-bond acceptors (Lipinski definition) is 3. The number of nitrogens with zero attached hydrogens (tertiary/aromatic N) is 1. The maximum Gasteiger partial charge on any atom is 0.433 e. The first-order chi connectivity index (χ1) is 10.4. The molecule has 1 saturated carbocycles. The van der Waals surface area contributed by atoms with Gasteiger partial charge in [0.1, 0.15) is 5.69 Å². The highest BCUT2D eigenvalue weighted by Crippen LogP contribution is 2.48. The third-order valence-corrected chi connectivity index (χ3v) is 4.57. The maximum absolute atomic E-state index is 12.4. The van der Waals surface area contributed by atoms with Crippen LogP contribution in [0.25, 0.3) is 0 Å². The van der Waals surface area contributed by atoms with Crippen LogP contribution in [0.5, 0.6) is 0 Å². The zero-order valence-electron chi connectivity index (χ0n) is 11.5. The van der Waals surface area contributed by atoms with Gasteiger partial charge in [-0.05, 0) is 47.4 Å². The van der Waals surface area contributed by atoms with Crippen LogP contribution in [0, 0.1) is 0 Å². The lowest BCUT2D eigenvalue weighted by molar-refractivity contribution is -0.141. The van der Waals surface area contributed by atoms with Crippen molar-refractivity contribution in [1.29, 1.82) is 0 Å². The van der Waals surface area contributed by atoms with E-state index in [9.17, 15) is 18.0 Å². The minimum absolute atomic E-state index is 0.00496. The minimum Gasteiger partial charge on any atom is -0.351 e. The van der Waals surface area contributed by atoms with E-state index in [-0.39, 0.29) is 11.0 Å². The van der Waals surface area contributed by atoms with E-state index in [4.69, 9.17) is 0 Å². The fourth-order valence-electron chi connectivity index (χ4n) is 2.33. The Labute approximate surface area is 129 Å². The van der Waals surface area contributed by atoms with Gasteiger partial charge in [-0.2, -0.15) is 24.5 Å². The predicted octanol–water partition coefficient (Wildman–Crippen LogP) is 3.62. The van der Waals surface area contributed by atoms with Gasteiger partial charge in [0.15, 0.2) is 0 Å². The molecule has 1 N–H and O–H groups in total. The van der Waals surface area contributed by atoms with Gasteiger partial charge in [-0.1, -0.05) is 0 Å². The van der Waals surface area contributed by atoms with Gasteiger partial charge >= 0.3 is 6.18 Å². The standard InChI is InChI=1S/C15H13F3N2OS/c16-15(17,18)12-2-1-10(7-19-12)13(21)20-9-14(4-5-14)11-3-6-22-8-11/h1-3,6-8H,4-5,9H2,(H,20,21). The van der Waals surface area contributed by atoms with E-state index in [1.54, 1.807) is 11.3 Å². The van der Waals surface area contributed by atoms with Crippen molar-refractivity contribution >= 4 is 17.2 Å². The Hall–Kier alpha value is -1.89. The summed E-state index contributed by atoms with van der Waals surface area (Å²) < 4.78 is 37.3. The molecule has 0 spiro atoms. The molecule has 0 aromatic carbocycles. The number of carbonyl (C=O) groups excluding carboxylic acids is 1. The molecule has 0 saturated heterocycles. The number of amides is 1. The molecule has 0 bridgehead atoms. The van der Waals surface area contributed by atoms with Crippen molar-refractivity contribution in [3.63, 3.8) is 0 Å². The number of pyridine rings is 1. The molecule has 1 amide bonds. The number of halogens is 3. The van der Waals surface area contributed by atoms with Crippen molar-refractivity contribution in [2.24, 2.45) is 0 Å². The van der Waals surface area contributed by atoms with Crippen molar-refractivity contribution in [1.82, 2.24) is 10.3 Å².